The average molecular weight is 252 g/mol. The topological polar surface area (TPSA) is 38.0 Å². The van der Waals surface area contributed by atoms with Gasteiger partial charge in [-0.05, 0) is 37.0 Å². The molecule has 18 heavy (non-hydrogen) atoms. The minimum atomic E-state index is 0.390. The Bertz CT molecular complexity index is 243. The molecule has 2 nitrogen and oxygen atoms in total. The zero-order valence-electron chi connectivity index (χ0n) is 12.4. The van der Waals surface area contributed by atoms with Crippen LogP contribution in [0.15, 0.2) is 0 Å². The van der Waals surface area contributed by atoms with Crippen LogP contribution in [0.3, 0.4) is 0 Å². The summed E-state index contributed by atoms with van der Waals surface area (Å²) in [6, 6.07) is 0.961. The monoisotopic (exact) mass is 252 g/mol. The van der Waals surface area contributed by atoms with E-state index in [-0.39, 0.29) is 0 Å². The molecule has 0 radical (unpaired) electrons. The largest absolute Gasteiger partial charge is 0.326 e. The Morgan fingerprint density at radius 3 is 2.22 bits per heavy atom. The molecule has 0 amide bonds. The lowest BCUT2D eigenvalue weighted by Crippen LogP contribution is -2.50. The van der Waals surface area contributed by atoms with Crippen LogP contribution < -0.4 is 11.1 Å². The van der Waals surface area contributed by atoms with E-state index in [4.69, 9.17) is 5.73 Å². The van der Waals surface area contributed by atoms with Gasteiger partial charge in [0.2, 0.25) is 0 Å². The number of nitrogens with two attached hydrogens (primary N) is 1. The second-order valence-corrected chi connectivity index (χ2v) is 7.26. The summed E-state index contributed by atoms with van der Waals surface area (Å²) in [5, 5.41) is 3.78. The second-order valence-electron chi connectivity index (χ2n) is 7.26. The highest BCUT2D eigenvalue weighted by molar-refractivity contribution is 4.88. The quantitative estimate of drug-likeness (QED) is 0.804. The van der Waals surface area contributed by atoms with E-state index in [2.05, 4.69) is 19.2 Å². The van der Waals surface area contributed by atoms with Crippen molar-refractivity contribution in [1.29, 1.82) is 0 Å². The third-order valence-corrected chi connectivity index (χ3v) is 5.35. The molecule has 0 spiro atoms. The van der Waals surface area contributed by atoms with Crippen molar-refractivity contribution in [2.45, 2.75) is 83.7 Å². The summed E-state index contributed by atoms with van der Waals surface area (Å²) in [6.45, 7) is 6.05. The van der Waals surface area contributed by atoms with Crippen molar-refractivity contribution in [2.24, 2.45) is 17.1 Å². The van der Waals surface area contributed by atoms with E-state index in [1.54, 1.807) is 0 Å². The molecule has 2 saturated carbocycles. The molecule has 0 aromatic rings. The maximum atomic E-state index is 6.22. The van der Waals surface area contributed by atoms with Gasteiger partial charge >= 0.3 is 0 Å². The molecular weight excluding hydrogens is 220 g/mol. The first-order valence-corrected chi connectivity index (χ1v) is 8.08. The predicted molar refractivity (Wildman–Crippen MR) is 78.6 cm³/mol. The average Bonchev–Trinajstić information content (AvgIpc) is 2.39. The summed E-state index contributed by atoms with van der Waals surface area (Å²) >= 11 is 0. The molecule has 0 aliphatic heterocycles. The van der Waals surface area contributed by atoms with Gasteiger partial charge in [-0.1, -0.05) is 46.0 Å². The molecule has 2 aliphatic rings. The van der Waals surface area contributed by atoms with Crippen LogP contribution in [-0.4, -0.2) is 18.6 Å². The van der Waals surface area contributed by atoms with Crippen molar-refractivity contribution < 1.29 is 0 Å². The van der Waals surface area contributed by atoms with Gasteiger partial charge in [-0.25, -0.2) is 0 Å². The van der Waals surface area contributed by atoms with E-state index < -0.39 is 0 Å². The van der Waals surface area contributed by atoms with Crippen LogP contribution in [0, 0.1) is 11.3 Å². The van der Waals surface area contributed by atoms with Crippen LogP contribution in [0.25, 0.3) is 0 Å². The lowest BCUT2D eigenvalue weighted by atomic mass is 9.71. The smallest absolute Gasteiger partial charge is 0.0219 e. The molecule has 106 valence electrons. The standard InChI is InChI=1S/C16H32N2/c1-16(2,13-8-4-3-5-9-13)12-18-15-11-7-6-10-14(15)17/h13-15,18H,3-12,17H2,1-2H3. The molecule has 0 aromatic carbocycles. The Hall–Kier alpha value is -0.0800. The fourth-order valence-corrected chi connectivity index (χ4v) is 3.84. The van der Waals surface area contributed by atoms with Gasteiger partial charge in [-0.2, -0.15) is 0 Å². The first kappa shape index (κ1) is 14.3. The Balaban J connectivity index is 1.79. The Kier molecular flexibility index (Phi) is 5.08. The summed E-state index contributed by atoms with van der Waals surface area (Å²) in [5.41, 5.74) is 6.67. The van der Waals surface area contributed by atoms with E-state index in [9.17, 15) is 0 Å². The molecule has 0 saturated heterocycles. The van der Waals surface area contributed by atoms with E-state index in [0.29, 0.717) is 17.5 Å². The number of hydrogen-bond acceptors (Lipinski definition) is 2. The van der Waals surface area contributed by atoms with Crippen molar-refractivity contribution in [3.63, 3.8) is 0 Å². The van der Waals surface area contributed by atoms with E-state index >= 15 is 0 Å². The van der Waals surface area contributed by atoms with Gasteiger partial charge in [-0.3, -0.25) is 0 Å². The van der Waals surface area contributed by atoms with Crippen molar-refractivity contribution >= 4 is 0 Å². The number of hydrogen-bond donors (Lipinski definition) is 2. The van der Waals surface area contributed by atoms with Gasteiger partial charge < -0.3 is 11.1 Å². The predicted octanol–water partition coefficient (Wildman–Crippen LogP) is 3.45. The van der Waals surface area contributed by atoms with Crippen LogP contribution >= 0.6 is 0 Å². The Labute approximate surface area is 113 Å². The molecule has 0 heterocycles. The molecular formula is C16H32N2. The minimum Gasteiger partial charge on any atom is -0.326 e. The molecule has 2 atom stereocenters. The normalized spacial score (nSPS) is 31.5. The zero-order chi connectivity index (χ0) is 13.0. The lowest BCUT2D eigenvalue weighted by molar-refractivity contribution is 0.143. The van der Waals surface area contributed by atoms with Crippen molar-refractivity contribution in [2.75, 3.05) is 6.54 Å². The molecule has 2 fully saturated rings. The van der Waals surface area contributed by atoms with Crippen molar-refractivity contribution in [1.82, 2.24) is 5.32 Å². The van der Waals surface area contributed by atoms with Crippen LogP contribution in [-0.2, 0) is 0 Å². The molecule has 0 bridgehead atoms. The second kappa shape index (κ2) is 6.38. The lowest BCUT2D eigenvalue weighted by Gasteiger charge is -2.39. The van der Waals surface area contributed by atoms with E-state index in [0.717, 1.165) is 12.5 Å². The summed E-state index contributed by atoms with van der Waals surface area (Å²) in [4.78, 5) is 0. The molecule has 0 aromatic heterocycles. The maximum Gasteiger partial charge on any atom is 0.0219 e. The van der Waals surface area contributed by atoms with Gasteiger partial charge in [0.1, 0.15) is 0 Å². The fraction of sp³-hybridized carbons (Fsp3) is 1.00. The molecule has 2 aliphatic carbocycles. The highest BCUT2D eigenvalue weighted by Gasteiger charge is 2.32. The van der Waals surface area contributed by atoms with Gasteiger partial charge in [0.15, 0.2) is 0 Å². The SMILES string of the molecule is CC(C)(CNC1CCCCC1N)C1CCCCC1. The van der Waals surface area contributed by atoms with Crippen LogP contribution in [0.1, 0.15) is 71.6 Å². The van der Waals surface area contributed by atoms with Crippen molar-refractivity contribution in [3.05, 3.63) is 0 Å². The minimum absolute atomic E-state index is 0.390. The van der Waals surface area contributed by atoms with Crippen LogP contribution in [0.4, 0.5) is 0 Å². The summed E-state index contributed by atoms with van der Waals surface area (Å²) in [6.07, 6.45) is 12.4. The third kappa shape index (κ3) is 3.71. The van der Waals surface area contributed by atoms with E-state index in [1.165, 1.54) is 57.8 Å². The highest BCUT2D eigenvalue weighted by atomic mass is 15.0. The first-order valence-electron chi connectivity index (χ1n) is 8.08. The fourth-order valence-electron chi connectivity index (χ4n) is 3.84. The van der Waals surface area contributed by atoms with Gasteiger partial charge in [-0.15, -0.1) is 0 Å². The maximum absolute atomic E-state index is 6.22. The van der Waals surface area contributed by atoms with Gasteiger partial charge in [0.25, 0.3) is 0 Å². The molecule has 2 unspecified atom stereocenters. The molecule has 2 heteroatoms. The summed E-state index contributed by atoms with van der Waals surface area (Å²) in [7, 11) is 0. The summed E-state index contributed by atoms with van der Waals surface area (Å²) < 4.78 is 0. The first-order chi connectivity index (χ1) is 8.59. The van der Waals surface area contributed by atoms with Crippen LogP contribution in [0.2, 0.25) is 0 Å². The third-order valence-electron chi connectivity index (χ3n) is 5.35. The van der Waals surface area contributed by atoms with E-state index in [1.807, 2.05) is 0 Å². The van der Waals surface area contributed by atoms with Crippen molar-refractivity contribution in [3.8, 4) is 0 Å². The molecule has 3 N–H and O–H groups in total. The van der Waals surface area contributed by atoms with Crippen LogP contribution in [0.5, 0.6) is 0 Å². The summed E-state index contributed by atoms with van der Waals surface area (Å²) in [5.74, 6) is 0.915. The van der Waals surface area contributed by atoms with Gasteiger partial charge in [0, 0.05) is 18.6 Å². The highest BCUT2D eigenvalue weighted by Crippen LogP contribution is 2.38. The molecule has 2 rings (SSSR count). The van der Waals surface area contributed by atoms with Gasteiger partial charge in [0.05, 0.1) is 0 Å². The Morgan fingerprint density at radius 2 is 1.56 bits per heavy atom. The zero-order valence-corrected chi connectivity index (χ0v) is 12.4. The number of nitrogens with one attached hydrogen (secondary N) is 1. The Morgan fingerprint density at radius 1 is 0.944 bits per heavy atom. The number of rotatable bonds is 4.